The molecule has 0 aliphatic carbocycles. The van der Waals surface area contributed by atoms with Crippen LogP contribution in [-0.4, -0.2) is 6.61 Å². The second kappa shape index (κ2) is 7.15. The smallest absolute Gasteiger partial charge is 0.0995 e. The van der Waals surface area contributed by atoms with Gasteiger partial charge in [0.15, 0.2) is 0 Å². The Balaban J connectivity index is 1.81. The summed E-state index contributed by atoms with van der Waals surface area (Å²) in [5.74, 6) is 0. The molecule has 2 aromatic rings. The maximum atomic E-state index is 8.95. The van der Waals surface area contributed by atoms with Gasteiger partial charge in [-0.1, -0.05) is 60.7 Å². The Labute approximate surface area is 113 Å². The summed E-state index contributed by atoms with van der Waals surface area (Å²) in [6.07, 6.45) is 4.00. The van der Waals surface area contributed by atoms with Gasteiger partial charge in [-0.05, 0) is 17.2 Å². The number of benzene rings is 2. The van der Waals surface area contributed by atoms with Gasteiger partial charge >= 0.3 is 0 Å². The van der Waals surface area contributed by atoms with Crippen molar-refractivity contribution in [3.05, 3.63) is 77.4 Å². The van der Waals surface area contributed by atoms with Crippen LogP contribution in [0.2, 0.25) is 0 Å². The van der Waals surface area contributed by atoms with Crippen molar-refractivity contribution in [2.24, 2.45) is 0 Å². The van der Waals surface area contributed by atoms with E-state index in [2.05, 4.69) is 6.07 Å². The van der Waals surface area contributed by atoms with Crippen LogP contribution in [-0.2, 0) is 11.3 Å². The number of hydrogen-bond acceptors (Lipinski definition) is 2. The molecule has 0 saturated heterocycles. The molecule has 0 bridgehead atoms. The highest BCUT2D eigenvalue weighted by molar-refractivity contribution is 5.48. The van der Waals surface area contributed by atoms with Crippen LogP contribution < -0.4 is 0 Å². The van der Waals surface area contributed by atoms with Gasteiger partial charge in [0, 0.05) is 0 Å². The second-order valence-electron chi connectivity index (χ2n) is 4.10. The Morgan fingerprint density at radius 2 is 1.74 bits per heavy atom. The van der Waals surface area contributed by atoms with Gasteiger partial charge in [-0.2, -0.15) is 5.26 Å². The summed E-state index contributed by atoms with van der Waals surface area (Å²) in [6, 6.07) is 19.7. The maximum Gasteiger partial charge on any atom is 0.0995 e. The van der Waals surface area contributed by atoms with Gasteiger partial charge in [-0.3, -0.25) is 0 Å². The number of ether oxygens (including phenoxy) is 1. The van der Waals surface area contributed by atoms with Crippen LogP contribution in [0.5, 0.6) is 0 Å². The highest BCUT2D eigenvalue weighted by atomic mass is 16.5. The minimum atomic E-state index is 0.461. The van der Waals surface area contributed by atoms with E-state index >= 15 is 0 Å². The maximum absolute atomic E-state index is 8.95. The lowest BCUT2D eigenvalue weighted by molar-refractivity contribution is 0.149. The molecule has 0 radical (unpaired) electrons. The molecule has 0 aromatic heterocycles. The highest BCUT2D eigenvalue weighted by Crippen LogP contribution is 2.08. The molecule has 2 rings (SSSR count). The SMILES string of the molecule is N#Cc1ccccc1COC/C=C/c1ccccc1. The Bertz CT molecular complexity index is 582. The summed E-state index contributed by atoms with van der Waals surface area (Å²) in [5.41, 5.74) is 2.76. The lowest BCUT2D eigenvalue weighted by Crippen LogP contribution is -1.95. The zero-order valence-corrected chi connectivity index (χ0v) is 10.6. The van der Waals surface area contributed by atoms with Crippen molar-refractivity contribution in [1.82, 2.24) is 0 Å². The summed E-state index contributed by atoms with van der Waals surface area (Å²) >= 11 is 0. The fraction of sp³-hybridized carbons (Fsp3) is 0.118. The Morgan fingerprint density at radius 1 is 1.00 bits per heavy atom. The van der Waals surface area contributed by atoms with E-state index in [1.807, 2.05) is 60.7 Å². The Hall–Kier alpha value is -2.37. The van der Waals surface area contributed by atoms with Gasteiger partial charge in [-0.25, -0.2) is 0 Å². The van der Waals surface area contributed by atoms with E-state index in [1.165, 1.54) is 0 Å². The normalized spacial score (nSPS) is 10.5. The third kappa shape index (κ3) is 4.09. The highest BCUT2D eigenvalue weighted by Gasteiger charge is 1.99. The molecule has 0 spiro atoms. The number of hydrogen-bond donors (Lipinski definition) is 0. The van der Waals surface area contributed by atoms with E-state index in [0.717, 1.165) is 11.1 Å². The predicted molar refractivity (Wildman–Crippen MR) is 76.3 cm³/mol. The van der Waals surface area contributed by atoms with E-state index in [1.54, 1.807) is 6.07 Å². The van der Waals surface area contributed by atoms with Gasteiger partial charge in [0.2, 0.25) is 0 Å². The van der Waals surface area contributed by atoms with Gasteiger partial charge < -0.3 is 4.74 Å². The molecule has 2 aromatic carbocycles. The Kier molecular flexibility index (Phi) is 4.92. The summed E-state index contributed by atoms with van der Waals surface area (Å²) in [5, 5.41) is 8.95. The fourth-order valence-electron chi connectivity index (χ4n) is 1.74. The zero-order valence-electron chi connectivity index (χ0n) is 10.6. The van der Waals surface area contributed by atoms with Crippen LogP contribution in [0.4, 0.5) is 0 Å². The van der Waals surface area contributed by atoms with Crippen LogP contribution in [0, 0.1) is 11.3 Å². The van der Waals surface area contributed by atoms with Crippen LogP contribution in [0.15, 0.2) is 60.7 Å². The summed E-state index contributed by atoms with van der Waals surface area (Å²) in [7, 11) is 0. The molecule has 94 valence electrons. The van der Waals surface area contributed by atoms with E-state index in [-0.39, 0.29) is 0 Å². The van der Waals surface area contributed by atoms with Crippen molar-refractivity contribution in [2.45, 2.75) is 6.61 Å². The minimum Gasteiger partial charge on any atom is -0.373 e. The van der Waals surface area contributed by atoms with Gasteiger partial charge in [-0.15, -0.1) is 0 Å². The van der Waals surface area contributed by atoms with E-state index in [0.29, 0.717) is 18.8 Å². The third-order valence-corrected chi connectivity index (χ3v) is 2.72. The van der Waals surface area contributed by atoms with Crippen LogP contribution in [0.25, 0.3) is 6.08 Å². The van der Waals surface area contributed by atoms with Crippen LogP contribution in [0.3, 0.4) is 0 Å². The fourth-order valence-corrected chi connectivity index (χ4v) is 1.74. The number of nitrogens with zero attached hydrogens (tertiary/aromatic N) is 1. The van der Waals surface area contributed by atoms with Crippen molar-refractivity contribution >= 4 is 6.08 Å². The molecule has 0 unspecified atom stereocenters. The second-order valence-corrected chi connectivity index (χ2v) is 4.10. The van der Waals surface area contributed by atoms with Crippen LogP contribution >= 0.6 is 0 Å². The van der Waals surface area contributed by atoms with Gasteiger partial charge in [0.1, 0.15) is 0 Å². The largest absolute Gasteiger partial charge is 0.373 e. The lowest BCUT2D eigenvalue weighted by Gasteiger charge is -2.03. The van der Waals surface area contributed by atoms with Crippen molar-refractivity contribution in [1.29, 1.82) is 5.26 Å². The third-order valence-electron chi connectivity index (χ3n) is 2.72. The van der Waals surface area contributed by atoms with Crippen molar-refractivity contribution in [3.8, 4) is 6.07 Å². The molecule has 0 aliphatic rings. The molecule has 0 atom stereocenters. The molecule has 2 heteroatoms. The molecule has 0 heterocycles. The van der Waals surface area contributed by atoms with Gasteiger partial charge in [0.05, 0.1) is 24.8 Å². The molecule has 0 fully saturated rings. The summed E-state index contributed by atoms with van der Waals surface area (Å²) in [4.78, 5) is 0. The average Bonchev–Trinajstić information content (AvgIpc) is 2.48. The van der Waals surface area contributed by atoms with Gasteiger partial charge in [0.25, 0.3) is 0 Å². The summed E-state index contributed by atoms with van der Waals surface area (Å²) in [6.45, 7) is 0.998. The molecule has 0 amide bonds. The quantitative estimate of drug-likeness (QED) is 0.755. The molecular weight excluding hydrogens is 234 g/mol. The van der Waals surface area contributed by atoms with E-state index in [9.17, 15) is 0 Å². The standard InChI is InChI=1S/C17H15NO/c18-13-16-10-4-5-11-17(16)14-19-12-6-9-15-7-2-1-3-8-15/h1-11H,12,14H2/b9-6+. The predicted octanol–water partition coefficient (Wildman–Crippen LogP) is 3.79. The van der Waals surface area contributed by atoms with Crippen molar-refractivity contribution in [2.75, 3.05) is 6.61 Å². The van der Waals surface area contributed by atoms with Crippen molar-refractivity contribution in [3.63, 3.8) is 0 Å². The minimum absolute atomic E-state index is 0.461. The molecule has 0 saturated carbocycles. The molecule has 0 aliphatic heterocycles. The summed E-state index contributed by atoms with van der Waals surface area (Å²) < 4.78 is 5.55. The first-order valence-electron chi connectivity index (χ1n) is 6.17. The lowest BCUT2D eigenvalue weighted by atomic mass is 10.1. The van der Waals surface area contributed by atoms with Crippen molar-refractivity contribution < 1.29 is 4.74 Å². The first-order chi connectivity index (χ1) is 9.40. The molecule has 2 nitrogen and oxygen atoms in total. The molecule has 19 heavy (non-hydrogen) atoms. The van der Waals surface area contributed by atoms with E-state index in [4.69, 9.17) is 10.00 Å². The molecular formula is C17H15NO. The van der Waals surface area contributed by atoms with Crippen LogP contribution in [0.1, 0.15) is 16.7 Å². The average molecular weight is 249 g/mol. The van der Waals surface area contributed by atoms with E-state index < -0.39 is 0 Å². The first kappa shape index (κ1) is 13.1. The zero-order chi connectivity index (χ0) is 13.3. The Morgan fingerprint density at radius 3 is 2.53 bits per heavy atom. The first-order valence-corrected chi connectivity index (χ1v) is 6.17. The number of nitriles is 1. The number of rotatable bonds is 5. The molecule has 0 N–H and O–H groups in total. The topological polar surface area (TPSA) is 33.0 Å². The monoisotopic (exact) mass is 249 g/mol.